The summed E-state index contributed by atoms with van der Waals surface area (Å²) < 4.78 is 5.72. The molecule has 0 amide bonds. The molecule has 1 aliphatic carbocycles. The van der Waals surface area contributed by atoms with Crippen LogP contribution in [-0.4, -0.2) is 19.4 Å². The van der Waals surface area contributed by atoms with Crippen LogP contribution >= 0.6 is 0 Å². The monoisotopic (exact) mass is 426 g/mol. The summed E-state index contributed by atoms with van der Waals surface area (Å²) in [7, 11) is 1.85. The Labute approximate surface area is 190 Å². The summed E-state index contributed by atoms with van der Waals surface area (Å²) >= 11 is 0. The Hall–Kier alpha value is -4.05. The Morgan fingerprint density at radius 2 is 1.38 bits per heavy atom. The number of hydrogen-bond donors (Lipinski definition) is 2. The first-order valence-electron chi connectivity index (χ1n) is 10.5. The minimum absolute atomic E-state index is 0.0105. The van der Waals surface area contributed by atoms with Crippen LogP contribution in [0.4, 0.5) is 11.4 Å². The lowest BCUT2D eigenvalue weighted by molar-refractivity contribution is -0.107. The fourth-order valence-electron chi connectivity index (χ4n) is 2.74. The Bertz CT molecular complexity index is 951. The second kappa shape index (κ2) is 14.9. The summed E-state index contributed by atoms with van der Waals surface area (Å²) in [5, 5.41) is 3.02. The van der Waals surface area contributed by atoms with Crippen molar-refractivity contribution in [2.75, 3.05) is 18.1 Å². The maximum atomic E-state index is 10.2. The first-order valence-corrected chi connectivity index (χ1v) is 10.5. The predicted octanol–water partition coefficient (Wildman–Crippen LogP) is 5.85. The molecule has 0 heterocycles. The Kier molecular flexibility index (Phi) is 11.2. The molecule has 0 unspecified atom stereocenters. The number of aldehydes is 1. The van der Waals surface area contributed by atoms with Crippen LogP contribution in [0.15, 0.2) is 121 Å². The number of carbonyl (C=O) groups excluding carboxylic acids is 1. The molecule has 0 aromatic heterocycles. The maximum Gasteiger partial charge on any atom is 0.136 e. The third kappa shape index (κ3) is 9.63. The minimum atomic E-state index is -0.0105. The third-order valence-electron chi connectivity index (χ3n) is 4.34. The fraction of sp³-hybridized carbons (Fsp3) is 0.107. The number of hydrogen-bond acceptors (Lipinski definition) is 4. The summed E-state index contributed by atoms with van der Waals surface area (Å²) in [6, 6.07) is 27.2. The molecule has 4 nitrogen and oxygen atoms in total. The van der Waals surface area contributed by atoms with Crippen LogP contribution < -0.4 is 15.8 Å². The van der Waals surface area contributed by atoms with Gasteiger partial charge in [-0.15, -0.1) is 0 Å². The molecule has 0 saturated carbocycles. The topological polar surface area (TPSA) is 64.4 Å². The number of allylic oxidation sites excluding steroid dienone is 4. The van der Waals surface area contributed by atoms with Crippen LogP contribution in [0.5, 0.6) is 5.75 Å². The van der Waals surface area contributed by atoms with E-state index in [4.69, 9.17) is 10.5 Å². The molecule has 1 aliphatic rings. The Morgan fingerprint density at radius 1 is 0.812 bits per heavy atom. The van der Waals surface area contributed by atoms with E-state index in [9.17, 15) is 4.79 Å². The molecule has 0 aliphatic heterocycles. The number of benzene rings is 3. The number of rotatable bonds is 5. The minimum Gasteiger partial charge on any atom is -0.482 e. The smallest absolute Gasteiger partial charge is 0.136 e. The van der Waals surface area contributed by atoms with E-state index in [2.05, 4.69) is 5.32 Å². The van der Waals surface area contributed by atoms with Gasteiger partial charge in [-0.25, -0.2) is 0 Å². The molecule has 0 spiro atoms. The van der Waals surface area contributed by atoms with E-state index in [1.54, 1.807) is 0 Å². The van der Waals surface area contributed by atoms with Gasteiger partial charge in [0.1, 0.15) is 18.1 Å². The normalized spacial score (nSPS) is 11.8. The molecule has 0 fully saturated rings. The molecule has 3 N–H and O–H groups in total. The van der Waals surface area contributed by atoms with Crippen LogP contribution in [-0.2, 0) is 11.2 Å². The lowest BCUT2D eigenvalue weighted by Gasteiger charge is -2.11. The largest absolute Gasteiger partial charge is 0.482 e. The van der Waals surface area contributed by atoms with Gasteiger partial charge in [-0.05, 0) is 48.0 Å². The van der Waals surface area contributed by atoms with Crippen molar-refractivity contribution in [1.82, 2.24) is 0 Å². The van der Waals surface area contributed by atoms with E-state index in [0.29, 0.717) is 6.42 Å². The standard InChI is InChI=1S/C13H13NO.C9H11NO.C6H6/c14-11-7-9-13(10-8-11)15-12-5-3-1-2-4-6-12;1-10-9-5-3-2-4-8(9)6-7-11;1-2-4-6-5-3-1/h1-10,12H,14H2;2-5,7,10H,6H2,1H3;1-6H. The zero-order valence-electron chi connectivity index (χ0n) is 18.3. The van der Waals surface area contributed by atoms with E-state index in [1.807, 2.05) is 128 Å². The highest BCUT2D eigenvalue weighted by Crippen LogP contribution is 2.16. The van der Waals surface area contributed by atoms with Crippen molar-refractivity contribution in [3.05, 3.63) is 127 Å². The molecular weight excluding hydrogens is 396 g/mol. The van der Waals surface area contributed by atoms with Crippen LogP contribution in [0.2, 0.25) is 0 Å². The predicted molar refractivity (Wildman–Crippen MR) is 135 cm³/mol. The lowest BCUT2D eigenvalue weighted by atomic mass is 10.1. The number of carbonyl (C=O) groups is 1. The lowest BCUT2D eigenvalue weighted by Crippen LogP contribution is -2.09. The molecule has 0 bridgehead atoms. The quantitative estimate of drug-likeness (QED) is 0.396. The molecular formula is C28H30N2O2. The summed E-state index contributed by atoms with van der Waals surface area (Å²) in [5.74, 6) is 0.824. The molecule has 4 rings (SSSR count). The van der Waals surface area contributed by atoms with E-state index >= 15 is 0 Å². The van der Waals surface area contributed by atoms with Crippen molar-refractivity contribution in [1.29, 1.82) is 0 Å². The number of ether oxygens (including phenoxy) is 1. The van der Waals surface area contributed by atoms with E-state index in [-0.39, 0.29) is 6.10 Å². The van der Waals surface area contributed by atoms with Crippen molar-refractivity contribution in [3.8, 4) is 5.75 Å². The first-order chi connectivity index (χ1) is 15.7. The molecule has 164 valence electrons. The number of nitrogen functional groups attached to an aromatic ring is 1. The van der Waals surface area contributed by atoms with Gasteiger partial charge in [0.2, 0.25) is 0 Å². The second-order valence-electron chi connectivity index (χ2n) is 6.74. The summed E-state index contributed by atoms with van der Waals surface area (Å²) in [5.41, 5.74) is 8.41. The highest BCUT2D eigenvalue weighted by atomic mass is 16.5. The van der Waals surface area contributed by atoms with Gasteiger partial charge in [-0.3, -0.25) is 0 Å². The highest BCUT2D eigenvalue weighted by Gasteiger charge is 2.02. The Balaban J connectivity index is 0.000000187. The van der Waals surface area contributed by atoms with Crippen molar-refractivity contribution in [3.63, 3.8) is 0 Å². The summed E-state index contributed by atoms with van der Waals surface area (Å²) in [6.45, 7) is 0. The van der Waals surface area contributed by atoms with Gasteiger partial charge in [-0.1, -0.05) is 78.9 Å². The SMILES string of the molecule is CNc1ccccc1CC=O.Nc1ccc(OC2C=CC=CC=C2)cc1.c1ccccc1. The molecule has 32 heavy (non-hydrogen) atoms. The maximum absolute atomic E-state index is 10.2. The van der Waals surface area contributed by atoms with Gasteiger partial charge in [0.25, 0.3) is 0 Å². The van der Waals surface area contributed by atoms with Crippen molar-refractivity contribution < 1.29 is 9.53 Å². The van der Waals surface area contributed by atoms with Crippen LogP contribution in [0, 0.1) is 0 Å². The molecule has 4 heteroatoms. The van der Waals surface area contributed by atoms with Crippen molar-refractivity contribution in [2.24, 2.45) is 0 Å². The Morgan fingerprint density at radius 3 is 1.91 bits per heavy atom. The van der Waals surface area contributed by atoms with Crippen LogP contribution in [0.25, 0.3) is 0 Å². The van der Waals surface area contributed by atoms with Gasteiger partial charge in [0, 0.05) is 24.8 Å². The van der Waals surface area contributed by atoms with Crippen molar-refractivity contribution >= 4 is 17.7 Å². The fourth-order valence-corrected chi connectivity index (χ4v) is 2.74. The van der Waals surface area contributed by atoms with Gasteiger partial charge in [-0.2, -0.15) is 0 Å². The van der Waals surface area contributed by atoms with E-state index < -0.39 is 0 Å². The molecule has 0 radical (unpaired) electrons. The highest BCUT2D eigenvalue weighted by molar-refractivity contribution is 5.62. The molecule has 0 saturated heterocycles. The number of anilines is 2. The average Bonchev–Trinajstić information content (AvgIpc) is 3.12. The van der Waals surface area contributed by atoms with Gasteiger partial charge >= 0.3 is 0 Å². The van der Waals surface area contributed by atoms with Gasteiger partial charge < -0.3 is 20.6 Å². The van der Waals surface area contributed by atoms with Crippen LogP contribution in [0.3, 0.4) is 0 Å². The third-order valence-corrected chi connectivity index (χ3v) is 4.34. The second-order valence-corrected chi connectivity index (χ2v) is 6.74. The number of nitrogens with one attached hydrogen (secondary N) is 1. The molecule has 3 aromatic carbocycles. The molecule has 3 aromatic rings. The number of nitrogens with two attached hydrogens (primary N) is 1. The average molecular weight is 427 g/mol. The zero-order valence-corrected chi connectivity index (χ0v) is 18.3. The van der Waals surface area contributed by atoms with Crippen LogP contribution in [0.1, 0.15) is 5.56 Å². The van der Waals surface area contributed by atoms with Crippen molar-refractivity contribution in [2.45, 2.75) is 12.5 Å². The van der Waals surface area contributed by atoms with E-state index in [0.717, 1.165) is 29.0 Å². The first kappa shape index (κ1) is 24.2. The summed E-state index contributed by atoms with van der Waals surface area (Å²) in [4.78, 5) is 10.2. The summed E-state index contributed by atoms with van der Waals surface area (Å²) in [6.07, 6.45) is 13.3. The number of para-hydroxylation sites is 1. The van der Waals surface area contributed by atoms with Gasteiger partial charge in [0.15, 0.2) is 0 Å². The van der Waals surface area contributed by atoms with Gasteiger partial charge in [0.05, 0.1) is 0 Å². The van der Waals surface area contributed by atoms with E-state index in [1.165, 1.54) is 0 Å². The molecule has 0 atom stereocenters. The zero-order chi connectivity index (χ0) is 22.9.